The summed E-state index contributed by atoms with van der Waals surface area (Å²) < 4.78 is 0. The number of unbranched alkanes of at least 4 members (excludes halogenated alkanes) is 4. The molecule has 0 spiro atoms. The monoisotopic (exact) mass is 169 g/mol. The SMILES string of the molecule is [CH2]CCCCCC(C)CCCC. The van der Waals surface area contributed by atoms with Crippen LogP contribution in [0.5, 0.6) is 0 Å². The van der Waals surface area contributed by atoms with Crippen molar-refractivity contribution >= 4 is 0 Å². The highest BCUT2D eigenvalue weighted by atomic mass is 14.1. The molecule has 1 radical (unpaired) electrons. The lowest BCUT2D eigenvalue weighted by Gasteiger charge is -2.09. The zero-order valence-electron chi connectivity index (χ0n) is 8.94. The van der Waals surface area contributed by atoms with Gasteiger partial charge in [-0.1, -0.05) is 72.1 Å². The van der Waals surface area contributed by atoms with Gasteiger partial charge in [-0.05, 0) is 5.92 Å². The summed E-state index contributed by atoms with van der Waals surface area (Å²) in [5.74, 6) is 0.953. The van der Waals surface area contributed by atoms with Crippen LogP contribution in [-0.4, -0.2) is 0 Å². The van der Waals surface area contributed by atoms with Crippen LogP contribution in [0, 0.1) is 12.8 Å². The van der Waals surface area contributed by atoms with Crippen molar-refractivity contribution in [3.63, 3.8) is 0 Å². The lowest BCUT2D eigenvalue weighted by molar-refractivity contribution is 0.446. The van der Waals surface area contributed by atoms with Crippen LogP contribution in [-0.2, 0) is 0 Å². The van der Waals surface area contributed by atoms with Gasteiger partial charge in [0.05, 0.1) is 0 Å². The second kappa shape index (κ2) is 9.09. The van der Waals surface area contributed by atoms with Gasteiger partial charge in [0.1, 0.15) is 0 Å². The first-order valence-corrected chi connectivity index (χ1v) is 5.60. The number of rotatable bonds is 8. The molecule has 0 nitrogen and oxygen atoms in total. The maximum Gasteiger partial charge on any atom is -0.0443 e. The van der Waals surface area contributed by atoms with Crippen LogP contribution < -0.4 is 0 Å². The highest BCUT2D eigenvalue weighted by Crippen LogP contribution is 2.15. The molecule has 0 saturated carbocycles. The molecule has 0 aromatic carbocycles. The average Bonchev–Trinajstić information content (AvgIpc) is 2.09. The van der Waals surface area contributed by atoms with E-state index in [0.717, 1.165) is 12.3 Å². The number of hydrogen-bond donors (Lipinski definition) is 0. The van der Waals surface area contributed by atoms with Crippen LogP contribution in [0.1, 0.15) is 65.2 Å². The zero-order chi connectivity index (χ0) is 9.23. The first-order chi connectivity index (χ1) is 5.81. The fraction of sp³-hybridized carbons (Fsp3) is 0.917. The minimum Gasteiger partial charge on any atom is -0.0654 e. The van der Waals surface area contributed by atoms with E-state index in [1.807, 2.05) is 0 Å². The summed E-state index contributed by atoms with van der Waals surface area (Å²) in [6.07, 6.45) is 10.9. The molecular weight excluding hydrogens is 144 g/mol. The fourth-order valence-corrected chi connectivity index (χ4v) is 1.54. The fourth-order valence-electron chi connectivity index (χ4n) is 1.54. The molecule has 0 aliphatic rings. The highest BCUT2D eigenvalue weighted by molar-refractivity contribution is 4.54. The van der Waals surface area contributed by atoms with E-state index < -0.39 is 0 Å². The molecule has 0 aliphatic heterocycles. The molecule has 1 atom stereocenters. The van der Waals surface area contributed by atoms with Crippen molar-refractivity contribution in [2.24, 2.45) is 5.92 Å². The Hall–Kier alpha value is 0. The Bertz CT molecular complexity index is 76.1. The lowest BCUT2D eigenvalue weighted by atomic mass is 9.97. The van der Waals surface area contributed by atoms with Gasteiger partial charge in [0, 0.05) is 0 Å². The average molecular weight is 169 g/mol. The Morgan fingerprint density at radius 3 is 2.25 bits per heavy atom. The molecule has 0 aromatic rings. The third-order valence-corrected chi connectivity index (χ3v) is 2.50. The molecule has 73 valence electrons. The van der Waals surface area contributed by atoms with Gasteiger partial charge in [-0.3, -0.25) is 0 Å². The van der Waals surface area contributed by atoms with Gasteiger partial charge in [-0.15, -0.1) is 0 Å². The van der Waals surface area contributed by atoms with Crippen molar-refractivity contribution in [3.05, 3.63) is 6.92 Å². The highest BCUT2D eigenvalue weighted by Gasteiger charge is 2.00. The van der Waals surface area contributed by atoms with E-state index in [-0.39, 0.29) is 0 Å². The second-order valence-corrected chi connectivity index (χ2v) is 3.95. The topological polar surface area (TPSA) is 0 Å². The van der Waals surface area contributed by atoms with Gasteiger partial charge in [-0.2, -0.15) is 0 Å². The molecule has 0 aromatic heterocycles. The van der Waals surface area contributed by atoms with Gasteiger partial charge in [0.15, 0.2) is 0 Å². The Labute approximate surface area is 78.8 Å². The van der Waals surface area contributed by atoms with E-state index in [2.05, 4.69) is 20.8 Å². The van der Waals surface area contributed by atoms with Gasteiger partial charge in [0.25, 0.3) is 0 Å². The Balaban J connectivity index is 3.02. The zero-order valence-corrected chi connectivity index (χ0v) is 8.94. The van der Waals surface area contributed by atoms with E-state index >= 15 is 0 Å². The van der Waals surface area contributed by atoms with E-state index in [1.54, 1.807) is 0 Å². The quantitative estimate of drug-likeness (QED) is 0.466. The summed E-state index contributed by atoms with van der Waals surface area (Å²) in [4.78, 5) is 0. The second-order valence-electron chi connectivity index (χ2n) is 3.95. The van der Waals surface area contributed by atoms with E-state index in [1.165, 1.54) is 44.9 Å². The molecular formula is C12H25. The Morgan fingerprint density at radius 2 is 1.67 bits per heavy atom. The first kappa shape index (κ1) is 12.0. The molecule has 12 heavy (non-hydrogen) atoms. The van der Waals surface area contributed by atoms with E-state index in [4.69, 9.17) is 0 Å². The third-order valence-electron chi connectivity index (χ3n) is 2.50. The molecule has 0 aliphatic carbocycles. The Morgan fingerprint density at radius 1 is 1.00 bits per heavy atom. The molecule has 0 amide bonds. The lowest BCUT2D eigenvalue weighted by Crippen LogP contribution is -1.94. The minimum atomic E-state index is 0.953. The predicted octanol–water partition coefficient (Wildman–Crippen LogP) is 4.60. The maximum atomic E-state index is 3.85. The molecule has 0 bridgehead atoms. The van der Waals surface area contributed by atoms with Crippen molar-refractivity contribution in [2.75, 3.05) is 0 Å². The molecule has 0 N–H and O–H groups in total. The largest absolute Gasteiger partial charge is 0.0654 e. The maximum absolute atomic E-state index is 3.85. The van der Waals surface area contributed by atoms with Gasteiger partial charge in [0.2, 0.25) is 0 Å². The van der Waals surface area contributed by atoms with Crippen molar-refractivity contribution in [1.29, 1.82) is 0 Å². The minimum absolute atomic E-state index is 0.953. The summed E-state index contributed by atoms with van der Waals surface area (Å²) in [5.41, 5.74) is 0. The summed E-state index contributed by atoms with van der Waals surface area (Å²) in [7, 11) is 0. The van der Waals surface area contributed by atoms with Crippen LogP contribution in [0.4, 0.5) is 0 Å². The summed E-state index contributed by atoms with van der Waals surface area (Å²) in [6.45, 7) is 8.51. The first-order valence-electron chi connectivity index (χ1n) is 5.60. The van der Waals surface area contributed by atoms with Crippen molar-refractivity contribution in [3.8, 4) is 0 Å². The molecule has 0 saturated heterocycles. The molecule has 0 heteroatoms. The van der Waals surface area contributed by atoms with Crippen LogP contribution in [0.3, 0.4) is 0 Å². The van der Waals surface area contributed by atoms with Crippen LogP contribution in [0.15, 0.2) is 0 Å². The van der Waals surface area contributed by atoms with Crippen LogP contribution in [0.25, 0.3) is 0 Å². The summed E-state index contributed by atoms with van der Waals surface area (Å²) >= 11 is 0. The van der Waals surface area contributed by atoms with Crippen molar-refractivity contribution < 1.29 is 0 Å². The van der Waals surface area contributed by atoms with Gasteiger partial charge in [-0.25, -0.2) is 0 Å². The van der Waals surface area contributed by atoms with Gasteiger partial charge < -0.3 is 0 Å². The Kier molecular flexibility index (Phi) is 9.09. The summed E-state index contributed by atoms with van der Waals surface area (Å²) in [6, 6.07) is 0. The third kappa shape index (κ3) is 8.10. The number of hydrogen-bond acceptors (Lipinski definition) is 0. The summed E-state index contributed by atoms with van der Waals surface area (Å²) in [5, 5.41) is 0. The van der Waals surface area contributed by atoms with Crippen molar-refractivity contribution in [1.82, 2.24) is 0 Å². The molecule has 0 heterocycles. The van der Waals surface area contributed by atoms with Gasteiger partial charge >= 0.3 is 0 Å². The van der Waals surface area contributed by atoms with Crippen LogP contribution >= 0.6 is 0 Å². The smallest absolute Gasteiger partial charge is 0.0443 e. The van der Waals surface area contributed by atoms with E-state index in [9.17, 15) is 0 Å². The molecule has 0 fully saturated rings. The normalized spacial score (nSPS) is 13.2. The van der Waals surface area contributed by atoms with Crippen molar-refractivity contribution in [2.45, 2.75) is 65.2 Å². The predicted molar refractivity (Wildman–Crippen MR) is 57.1 cm³/mol. The molecule has 1 unspecified atom stereocenters. The van der Waals surface area contributed by atoms with Crippen LogP contribution in [0.2, 0.25) is 0 Å². The van der Waals surface area contributed by atoms with E-state index in [0.29, 0.717) is 0 Å². The molecule has 0 rings (SSSR count). The standard InChI is InChI=1S/C12H25/c1-4-6-8-9-11-12(3)10-7-5-2/h12H,1,4-11H2,2-3H3.